The molecule has 0 saturated heterocycles. The van der Waals surface area contributed by atoms with E-state index in [0.717, 1.165) is 40.0 Å². The van der Waals surface area contributed by atoms with Crippen LogP contribution >= 0.6 is 11.3 Å². The maximum absolute atomic E-state index is 12.6. The Morgan fingerprint density at radius 3 is 2.41 bits per heavy atom. The molecule has 0 atom stereocenters. The van der Waals surface area contributed by atoms with Gasteiger partial charge < -0.3 is 14.7 Å². The SMILES string of the molecule is CCCN(Cc1cccc(-c2ccc(Cn3c(O)csc3=O)cc2)c1)C(=O)OC(C)(C)C. The summed E-state index contributed by atoms with van der Waals surface area (Å²) in [6.07, 6.45) is 0.546. The Morgan fingerprint density at radius 1 is 1.09 bits per heavy atom. The molecule has 32 heavy (non-hydrogen) atoms. The first kappa shape index (κ1) is 23.6. The van der Waals surface area contributed by atoms with Gasteiger partial charge in [0.1, 0.15) is 5.60 Å². The maximum Gasteiger partial charge on any atom is 0.410 e. The van der Waals surface area contributed by atoms with Gasteiger partial charge >= 0.3 is 11.0 Å². The maximum atomic E-state index is 12.6. The van der Waals surface area contributed by atoms with Crippen molar-refractivity contribution in [3.8, 4) is 17.0 Å². The molecule has 0 fully saturated rings. The summed E-state index contributed by atoms with van der Waals surface area (Å²) in [5.41, 5.74) is 3.51. The fourth-order valence-electron chi connectivity index (χ4n) is 3.36. The molecular weight excluding hydrogens is 424 g/mol. The van der Waals surface area contributed by atoms with Crippen molar-refractivity contribution in [2.24, 2.45) is 0 Å². The second kappa shape index (κ2) is 10.0. The lowest BCUT2D eigenvalue weighted by molar-refractivity contribution is 0.0233. The summed E-state index contributed by atoms with van der Waals surface area (Å²) in [5, 5.41) is 11.2. The van der Waals surface area contributed by atoms with Crippen LogP contribution in [0.1, 0.15) is 45.2 Å². The van der Waals surface area contributed by atoms with Crippen LogP contribution in [-0.4, -0.2) is 32.8 Å². The monoisotopic (exact) mass is 454 g/mol. The first-order valence-electron chi connectivity index (χ1n) is 10.7. The Kier molecular flexibility index (Phi) is 7.40. The van der Waals surface area contributed by atoms with Crippen molar-refractivity contribution in [3.63, 3.8) is 0 Å². The highest BCUT2D eigenvalue weighted by Gasteiger charge is 2.21. The predicted molar refractivity (Wildman–Crippen MR) is 128 cm³/mol. The minimum absolute atomic E-state index is 0.0154. The lowest BCUT2D eigenvalue weighted by Crippen LogP contribution is -2.36. The van der Waals surface area contributed by atoms with E-state index in [-0.39, 0.29) is 16.8 Å². The van der Waals surface area contributed by atoms with Crippen LogP contribution in [0.3, 0.4) is 0 Å². The average molecular weight is 455 g/mol. The summed E-state index contributed by atoms with van der Waals surface area (Å²) in [6.45, 7) is 9.09. The summed E-state index contributed by atoms with van der Waals surface area (Å²) in [4.78, 5) is 26.0. The summed E-state index contributed by atoms with van der Waals surface area (Å²) in [6, 6.07) is 16.0. The third kappa shape index (κ3) is 6.23. The van der Waals surface area contributed by atoms with Gasteiger partial charge in [0, 0.05) is 13.1 Å². The number of aromatic hydroxyl groups is 1. The molecule has 6 nitrogen and oxygen atoms in total. The molecule has 0 saturated carbocycles. The molecule has 1 aromatic heterocycles. The second-order valence-corrected chi connectivity index (χ2v) is 9.57. The number of rotatable bonds is 7. The van der Waals surface area contributed by atoms with Gasteiger partial charge in [0.15, 0.2) is 0 Å². The van der Waals surface area contributed by atoms with E-state index >= 15 is 0 Å². The smallest absolute Gasteiger partial charge is 0.410 e. The van der Waals surface area contributed by atoms with Gasteiger partial charge in [-0.25, -0.2) is 4.79 Å². The van der Waals surface area contributed by atoms with Crippen LogP contribution in [0.4, 0.5) is 4.79 Å². The van der Waals surface area contributed by atoms with Crippen LogP contribution in [0.15, 0.2) is 58.7 Å². The topological polar surface area (TPSA) is 71.8 Å². The van der Waals surface area contributed by atoms with E-state index in [1.54, 1.807) is 4.90 Å². The van der Waals surface area contributed by atoms with Gasteiger partial charge in [0.2, 0.25) is 5.88 Å². The zero-order valence-corrected chi connectivity index (χ0v) is 19.8. The molecule has 1 heterocycles. The van der Waals surface area contributed by atoms with Gasteiger partial charge in [-0.05, 0) is 55.5 Å². The molecule has 0 aliphatic rings. The number of benzene rings is 2. The molecule has 1 N–H and O–H groups in total. The van der Waals surface area contributed by atoms with E-state index in [9.17, 15) is 14.7 Å². The summed E-state index contributed by atoms with van der Waals surface area (Å²) in [7, 11) is 0. The van der Waals surface area contributed by atoms with Gasteiger partial charge in [-0.2, -0.15) is 0 Å². The third-order valence-corrected chi connectivity index (χ3v) is 5.59. The number of hydrogen-bond donors (Lipinski definition) is 1. The first-order chi connectivity index (χ1) is 15.2. The largest absolute Gasteiger partial charge is 0.494 e. The normalized spacial score (nSPS) is 11.4. The van der Waals surface area contributed by atoms with Gasteiger partial charge in [-0.1, -0.05) is 60.7 Å². The standard InChI is InChI=1S/C25H30N2O4S/c1-5-13-26(23(29)31-25(2,3)4)15-19-7-6-8-21(14-19)20-11-9-18(10-12-20)16-27-22(28)17-32-24(27)30/h6-12,14,17,28H,5,13,15-16H2,1-4H3. The third-order valence-electron chi connectivity index (χ3n) is 4.84. The second-order valence-electron chi connectivity index (χ2n) is 8.75. The molecule has 0 aliphatic heterocycles. The van der Waals surface area contributed by atoms with Crippen LogP contribution in [0.5, 0.6) is 5.88 Å². The molecular formula is C25H30N2O4S. The van der Waals surface area contributed by atoms with Crippen molar-refractivity contribution >= 4 is 17.4 Å². The Hall–Kier alpha value is -3.06. The number of ether oxygens (including phenoxy) is 1. The number of nitrogens with zero attached hydrogens (tertiary/aromatic N) is 2. The molecule has 3 rings (SSSR count). The van der Waals surface area contributed by atoms with Crippen molar-refractivity contribution in [2.45, 2.75) is 52.8 Å². The highest BCUT2D eigenvalue weighted by Crippen LogP contribution is 2.23. The zero-order chi connectivity index (χ0) is 23.3. The molecule has 0 unspecified atom stereocenters. The molecule has 0 aliphatic carbocycles. The summed E-state index contributed by atoms with van der Waals surface area (Å²) < 4.78 is 6.90. The first-order valence-corrected chi connectivity index (χ1v) is 11.6. The van der Waals surface area contributed by atoms with Gasteiger partial charge in [0.25, 0.3) is 0 Å². The van der Waals surface area contributed by atoms with Crippen LogP contribution in [0.2, 0.25) is 0 Å². The molecule has 0 spiro atoms. The van der Waals surface area contributed by atoms with Crippen molar-refractivity contribution in [1.82, 2.24) is 9.47 Å². The zero-order valence-electron chi connectivity index (χ0n) is 19.0. The van der Waals surface area contributed by atoms with Gasteiger partial charge in [-0.3, -0.25) is 9.36 Å². The molecule has 1 amide bonds. The number of carbonyl (C=O) groups is 1. The van der Waals surface area contributed by atoms with E-state index in [1.165, 1.54) is 9.95 Å². The summed E-state index contributed by atoms with van der Waals surface area (Å²) in [5.74, 6) is -0.0154. The van der Waals surface area contributed by atoms with E-state index in [4.69, 9.17) is 4.74 Å². The minimum Gasteiger partial charge on any atom is -0.494 e. The number of hydrogen-bond acceptors (Lipinski definition) is 5. The number of amides is 1. The molecule has 3 aromatic rings. The highest BCUT2D eigenvalue weighted by molar-refractivity contribution is 7.07. The van der Waals surface area contributed by atoms with Gasteiger partial charge in [0.05, 0.1) is 11.9 Å². The lowest BCUT2D eigenvalue weighted by atomic mass is 10.0. The summed E-state index contributed by atoms with van der Waals surface area (Å²) >= 11 is 0.985. The Bertz CT molecular complexity index is 1110. The predicted octanol–water partition coefficient (Wildman–Crippen LogP) is 5.48. The number of carbonyl (C=O) groups excluding carboxylic acids is 1. The fraction of sp³-hybridized carbons (Fsp3) is 0.360. The van der Waals surface area contributed by atoms with Crippen LogP contribution in [0.25, 0.3) is 11.1 Å². The van der Waals surface area contributed by atoms with E-state index < -0.39 is 5.60 Å². The quantitative estimate of drug-likeness (QED) is 0.513. The van der Waals surface area contributed by atoms with Crippen molar-refractivity contribution < 1.29 is 14.6 Å². The Labute approximate surface area is 192 Å². The highest BCUT2D eigenvalue weighted by atomic mass is 32.1. The minimum atomic E-state index is -0.530. The van der Waals surface area contributed by atoms with Gasteiger partial charge in [-0.15, -0.1) is 0 Å². The fourth-order valence-corrected chi connectivity index (χ4v) is 3.97. The van der Waals surface area contributed by atoms with E-state index in [1.807, 2.05) is 70.2 Å². The molecule has 170 valence electrons. The average Bonchev–Trinajstić information content (AvgIpc) is 3.05. The van der Waals surface area contributed by atoms with Crippen LogP contribution in [-0.2, 0) is 17.8 Å². The Morgan fingerprint density at radius 2 is 1.81 bits per heavy atom. The van der Waals surface area contributed by atoms with Crippen molar-refractivity contribution in [2.75, 3.05) is 6.54 Å². The van der Waals surface area contributed by atoms with E-state index in [0.29, 0.717) is 19.6 Å². The van der Waals surface area contributed by atoms with E-state index in [2.05, 4.69) is 6.07 Å². The van der Waals surface area contributed by atoms with Crippen LogP contribution < -0.4 is 4.87 Å². The molecule has 7 heteroatoms. The lowest BCUT2D eigenvalue weighted by Gasteiger charge is -2.27. The Balaban J connectivity index is 1.74. The van der Waals surface area contributed by atoms with Crippen LogP contribution in [0, 0.1) is 0 Å². The number of aromatic nitrogens is 1. The number of thiazole rings is 1. The molecule has 0 bridgehead atoms. The van der Waals surface area contributed by atoms with Crippen molar-refractivity contribution in [1.29, 1.82) is 0 Å². The van der Waals surface area contributed by atoms with Crippen molar-refractivity contribution in [3.05, 3.63) is 74.7 Å². The molecule has 2 aromatic carbocycles. The molecule has 0 radical (unpaired) electrons.